The summed E-state index contributed by atoms with van der Waals surface area (Å²) in [7, 11) is -3.60. The van der Waals surface area contributed by atoms with Crippen LogP contribution in [-0.4, -0.2) is 43.7 Å². The van der Waals surface area contributed by atoms with Gasteiger partial charge in [0.2, 0.25) is 15.9 Å². The van der Waals surface area contributed by atoms with Crippen molar-refractivity contribution in [2.45, 2.75) is 37.6 Å². The standard InChI is InChI=1S/C22H26ClN3O4S/c1-15(2)20(25-21(27)18-10-3-4-11-19(18)23)22(28)24-16-8-7-9-17(14-16)31(29,30)26-12-5-6-13-26/h3-4,7-11,14-15,20H,5-6,12-13H2,1-2H3,(H,24,28)(H,25,27). The van der Waals surface area contributed by atoms with Crippen molar-refractivity contribution in [1.82, 2.24) is 9.62 Å². The van der Waals surface area contributed by atoms with Crippen LogP contribution in [0.15, 0.2) is 53.4 Å². The SMILES string of the molecule is CC(C)C(NC(=O)c1ccccc1Cl)C(=O)Nc1cccc(S(=O)(=O)N2CCCC2)c1. The average molecular weight is 464 g/mol. The van der Waals surface area contributed by atoms with E-state index < -0.39 is 27.9 Å². The van der Waals surface area contributed by atoms with Gasteiger partial charge in [-0.05, 0) is 49.1 Å². The van der Waals surface area contributed by atoms with E-state index in [1.807, 2.05) is 13.8 Å². The van der Waals surface area contributed by atoms with E-state index in [0.717, 1.165) is 12.8 Å². The van der Waals surface area contributed by atoms with E-state index in [1.54, 1.807) is 36.4 Å². The number of rotatable bonds is 7. The molecule has 31 heavy (non-hydrogen) atoms. The largest absolute Gasteiger partial charge is 0.340 e. The first-order chi connectivity index (χ1) is 14.7. The number of nitrogens with zero attached hydrogens (tertiary/aromatic N) is 1. The molecule has 0 bridgehead atoms. The minimum atomic E-state index is -3.60. The molecule has 1 heterocycles. The van der Waals surface area contributed by atoms with Crippen LogP contribution in [0.2, 0.25) is 5.02 Å². The van der Waals surface area contributed by atoms with Gasteiger partial charge in [0.25, 0.3) is 5.91 Å². The number of amides is 2. The molecule has 2 aromatic rings. The van der Waals surface area contributed by atoms with Crippen molar-refractivity contribution in [1.29, 1.82) is 0 Å². The third kappa shape index (κ3) is 5.44. The average Bonchev–Trinajstić information content (AvgIpc) is 3.28. The van der Waals surface area contributed by atoms with Crippen LogP contribution in [0, 0.1) is 5.92 Å². The molecule has 0 saturated carbocycles. The highest BCUT2D eigenvalue weighted by atomic mass is 35.5. The molecule has 0 radical (unpaired) electrons. The monoisotopic (exact) mass is 463 g/mol. The van der Waals surface area contributed by atoms with E-state index in [2.05, 4.69) is 10.6 Å². The van der Waals surface area contributed by atoms with Crippen LogP contribution in [0.3, 0.4) is 0 Å². The second-order valence-corrected chi connectivity index (χ2v) is 10.1. The summed E-state index contributed by atoms with van der Waals surface area (Å²) in [6.45, 7) is 4.63. The Labute approximate surface area is 187 Å². The predicted molar refractivity (Wildman–Crippen MR) is 121 cm³/mol. The molecule has 1 saturated heterocycles. The Kier molecular flexibility index (Phi) is 7.35. The second kappa shape index (κ2) is 9.80. The van der Waals surface area contributed by atoms with Crippen molar-refractivity contribution in [2.75, 3.05) is 18.4 Å². The van der Waals surface area contributed by atoms with Crippen LogP contribution in [0.25, 0.3) is 0 Å². The number of halogens is 1. The molecule has 7 nitrogen and oxygen atoms in total. The number of anilines is 1. The molecule has 166 valence electrons. The number of sulfonamides is 1. The summed E-state index contributed by atoms with van der Waals surface area (Å²) < 4.78 is 27.0. The van der Waals surface area contributed by atoms with Gasteiger partial charge in [0.15, 0.2) is 0 Å². The molecule has 2 amide bonds. The Hall–Kier alpha value is -2.42. The molecule has 0 spiro atoms. The van der Waals surface area contributed by atoms with Gasteiger partial charge in [-0.15, -0.1) is 0 Å². The summed E-state index contributed by atoms with van der Waals surface area (Å²) in [5, 5.41) is 5.74. The van der Waals surface area contributed by atoms with Crippen molar-refractivity contribution in [2.24, 2.45) is 5.92 Å². The van der Waals surface area contributed by atoms with Gasteiger partial charge in [0, 0.05) is 18.8 Å². The van der Waals surface area contributed by atoms with Gasteiger partial charge in [0.05, 0.1) is 15.5 Å². The molecule has 2 N–H and O–H groups in total. The highest BCUT2D eigenvalue weighted by Crippen LogP contribution is 2.23. The summed E-state index contributed by atoms with van der Waals surface area (Å²) in [6, 6.07) is 11.9. The second-order valence-electron chi connectivity index (χ2n) is 7.80. The molecule has 1 atom stereocenters. The van der Waals surface area contributed by atoms with E-state index in [1.165, 1.54) is 16.4 Å². The van der Waals surface area contributed by atoms with Gasteiger partial charge in [-0.2, -0.15) is 4.31 Å². The summed E-state index contributed by atoms with van der Waals surface area (Å²) in [5.41, 5.74) is 0.629. The Balaban J connectivity index is 1.75. The lowest BCUT2D eigenvalue weighted by molar-refractivity contribution is -0.118. The van der Waals surface area contributed by atoms with Crippen LogP contribution in [-0.2, 0) is 14.8 Å². The van der Waals surface area contributed by atoms with Crippen molar-refractivity contribution >= 4 is 39.1 Å². The number of carbonyl (C=O) groups is 2. The normalized spacial score (nSPS) is 15.6. The van der Waals surface area contributed by atoms with E-state index in [0.29, 0.717) is 23.8 Å². The Morgan fingerprint density at radius 3 is 2.35 bits per heavy atom. The van der Waals surface area contributed by atoms with Gasteiger partial charge >= 0.3 is 0 Å². The van der Waals surface area contributed by atoms with Gasteiger partial charge in [-0.1, -0.05) is 43.6 Å². The molecule has 3 rings (SSSR count). The third-order valence-electron chi connectivity index (χ3n) is 5.16. The Bertz CT molecular complexity index is 1070. The maximum absolute atomic E-state index is 12.9. The minimum absolute atomic E-state index is 0.133. The molecule has 0 aliphatic carbocycles. The number of benzene rings is 2. The lowest BCUT2D eigenvalue weighted by Gasteiger charge is -2.22. The van der Waals surface area contributed by atoms with Gasteiger partial charge in [-0.3, -0.25) is 9.59 Å². The molecule has 2 aromatic carbocycles. The van der Waals surface area contributed by atoms with E-state index >= 15 is 0 Å². The Morgan fingerprint density at radius 1 is 1.03 bits per heavy atom. The minimum Gasteiger partial charge on any atom is -0.340 e. The van der Waals surface area contributed by atoms with Crippen LogP contribution >= 0.6 is 11.6 Å². The highest BCUT2D eigenvalue weighted by Gasteiger charge is 2.28. The fraction of sp³-hybridized carbons (Fsp3) is 0.364. The number of nitrogens with one attached hydrogen (secondary N) is 2. The van der Waals surface area contributed by atoms with E-state index in [9.17, 15) is 18.0 Å². The van der Waals surface area contributed by atoms with Crippen LogP contribution in [0.1, 0.15) is 37.0 Å². The van der Waals surface area contributed by atoms with E-state index in [4.69, 9.17) is 11.6 Å². The molecule has 1 fully saturated rings. The Morgan fingerprint density at radius 2 is 1.71 bits per heavy atom. The van der Waals surface area contributed by atoms with Gasteiger partial charge in [-0.25, -0.2) is 8.42 Å². The lowest BCUT2D eigenvalue weighted by atomic mass is 10.0. The molecule has 1 aliphatic rings. The maximum atomic E-state index is 12.9. The first-order valence-corrected chi connectivity index (χ1v) is 12.0. The number of carbonyl (C=O) groups excluding carboxylic acids is 2. The predicted octanol–water partition coefficient (Wildman–Crippen LogP) is 3.52. The van der Waals surface area contributed by atoms with Crippen molar-refractivity contribution in [3.05, 3.63) is 59.1 Å². The molecule has 9 heteroatoms. The van der Waals surface area contributed by atoms with Crippen molar-refractivity contribution in [3.8, 4) is 0 Å². The lowest BCUT2D eigenvalue weighted by Crippen LogP contribution is -2.47. The smallest absolute Gasteiger partial charge is 0.253 e. The number of hydrogen-bond acceptors (Lipinski definition) is 4. The molecular weight excluding hydrogens is 438 g/mol. The molecule has 1 aliphatic heterocycles. The zero-order valence-corrected chi connectivity index (χ0v) is 19.0. The summed E-state index contributed by atoms with van der Waals surface area (Å²) >= 11 is 6.08. The molecule has 1 unspecified atom stereocenters. The first-order valence-electron chi connectivity index (χ1n) is 10.2. The third-order valence-corrected chi connectivity index (χ3v) is 7.38. The van der Waals surface area contributed by atoms with Crippen LogP contribution in [0.5, 0.6) is 0 Å². The fourth-order valence-electron chi connectivity index (χ4n) is 3.43. The zero-order chi connectivity index (χ0) is 22.6. The molecular formula is C22H26ClN3O4S. The fourth-order valence-corrected chi connectivity index (χ4v) is 5.22. The quantitative estimate of drug-likeness (QED) is 0.656. The summed E-state index contributed by atoms with van der Waals surface area (Å²) in [6.07, 6.45) is 1.69. The summed E-state index contributed by atoms with van der Waals surface area (Å²) in [4.78, 5) is 25.6. The zero-order valence-electron chi connectivity index (χ0n) is 17.5. The first kappa shape index (κ1) is 23.2. The number of hydrogen-bond donors (Lipinski definition) is 2. The van der Waals surface area contributed by atoms with Crippen LogP contribution < -0.4 is 10.6 Å². The maximum Gasteiger partial charge on any atom is 0.253 e. The van der Waals surface area contributed by atoms with Crippen LogP contribution in [0.4, 0.5) is 5.69 Å². The van der Waals surface area contributed by atoms with Gasteiger partial charge in [0.1, 0.15) is 6.04 Å². The van der Waals surface area contributed by atoms with Crippen molar-refractivity contribution in [3.63, 3.8) is 0 Å². The van der Waals surface area contributed by atoms with Crippen molar-refractivity contribution < 1.29 is 18.0 Å². The summed E-state index contributed by atoms with van der Waals surface area (Å²) in [5.74, 6) is -1.10. The highest BCUT2D eigenvalue weighted by molar-refractivity contribution is 7.89. The van der Waals surface area contributed by atoms with Gasteiger partial charge < -0.3 is 10.6 Å². The topological polar surface area (TPSA) is 95.6 Å². The van der Waals surface area contributed by atoms with E-state index in [-0.39, 0.29) is 16.4 Å². The molecule has 0 aromatic heterocycles.